The highest BCUT2D eigenvalue weighted by Gasteiger charge is 2.38. The molecular weight excluding hydrogens is 419 g/mol. The minimum atomic E-state index is -4.56. The molecule has 0 saturated carbocycles. The van der Waals surface area contributed by atoms with Crippen molar-refractivity contribution in [3.63, 3.8) is 0 Å². The van der Waals surface area contributed by atoms with E-state index < -0.39 is 11.9 Å². The molecule has 0 fully saturated rings. The van der Waals surface area contributed by atoms with Gasteiger partial charge in [-0.05, 0) is 49.2 Å². The molecule has 0 aliphatic carbocycles. The van der Waals surface area contributed by atoms with Crippen LogP contribution in [0.4, 0.5) is 24.0 Å². The Balaban J connectivity index is 1.88. The van der Waals surface area contributed by atoms with Crippen LogP contribution in [0, 0.1) is 0 Å². The summed E-state index contributed by atoms with van der Waals surface area (Å²) in [5, 5.41) is 0.508. The van der Waals surface area contributed by atoms with Crippen molar-refractivity contribution in [2.24, 2.45) is 4.99 Å². The molecule has 3 aromatic rings. The smallest absolute Gasteiger partial charge is 0.372 e. The maximum atomic E-state index is 13.4. The molecule has 0 N–H and O–H groups in total. The van der Waals surface area contributed by atoms with E-state index in [9.17, 15) is 13.2 Å². The number of hydrogen-bond donors (Lipinski definition) is 0. The first-order valence-electron chi connectivity index (χ1n) is 9.04. The number of rotatable bonds is 6. The Kier molecular flexibility index (Phi) is 6.59. The highest BCUT2D eigenvalue weighted by atomic mass is 35.5. The van der Waals surface area contributed by atoms with Gasteiger partial charge in [-0.25, -0.2) is 9.98 Å². The Hall–Kier alpha value is -2.38. The standard InChI is InChI=1S/C21H19ClF3N3S/c1-3-28(4-2)17-11-5-14(6-12-17)13-26-20-27-19(21(23,24)25)18(29-20)15-7-9-16(22)10-8-15/h5-13H,3-4H2,1-2H3. The second kappa shape index (κ2) is 8.97. The van der Waals surface area contributed by atoms with E-state index in [-0.39, 0.29) is 10.0 Å². The molecule has 0 aliphatic heterocycles. The number of thiazole rings is 1. The van der Waals surface area contributed by atoms with Crippen molar-refractivity contribution < 1.29 is 13.2 Å². The van der Waals surface area contributed by atoms with Gasteiger partial charge in [-0.15, -0.1) is 0 Å². The lowest BCUT2D eigenvalue weighted by molar-refractivity contribution is -0.140. The second-order valence-electron chi connectivity index (χ2n) is 6.20. The Labute approximate surface area is 176 Å². The highest BCUT2D eigenvalue weighted by Crippen LogP contribution is 2.42. The molecule has 0 unspecified atom stereocenters. The number of hydrogen-bond acceptors (Lipinski definition) is 4. The molecule has 0 amide bonds. The first-order chi connectivity index (χ1) is 13.8. The molecule has 0 radical (unpaired) electrons. The number of nitrogens with zero attached hydrogens (tertiary/aromatic N) is 3. The third kappa shape index (κ3) is 5.16. The van der Waals surface area contributed by atoms with Crippen LogP contribution in [-0.2, 0) is 6.18 Å². The van der Waals surface area contributed by atoms with Crippen molar-refractivity contribution in [2.45, 2.75) is 20.0 Å². The zero-order chi connectivity index (χ0) is 21.0. The third-order valence-electron chi connectivity index (χ3n) is 4.34. The fourth-order valence-electron chi connectivity index (χ4n) is 2.84. The van der Waals surface area contributed by atoms with Crippen LogP contribution < -0.4 is 4.90 Å². The fourth-order valence-corrected chi connectivity index (χ4v) is 3.91. The quantitative estimate of drug-likeness (QED) is 0.385. The van der Waals surface area contributed by atoms with Crippen LogP contribution >= 0.6 is 22.9 Å². The lowest BCUT2D eigenvalue weighted by Gasteiger charge is -2.20. The van der Waals surface area contributed by atoms with Crippen molar-refractivity contribution in [1.29, 1.82) is 0 Å². The van der Waals surface area contributed by atoms with Crippen LogP contribution in [0.1, 0.15) is 25.1 Å². The van der Waals surface area contributed by atoms with E-state index in [1.165, 1.54) is 6.21 Å². The molecule has 1 heterocycles. The normalized spacial score (nSPS) is 11.9. The molecule has 29 heavy (non-hydrogen) atoms. The summed E-state index contributed by atoms with van der Waals surface area (Å²) in [5.41, 5.74) is 1.35. The summed E-state index contributed by atoms with van der Waals surface area (Å²) in [6.45, 7) is 5.96. The molecular formula is C21H19ClF3N3S. The lowest BCUT2D eigenvalue weighted by Crippen LogP contribution is -2.21. The van der Waals surface area contributed by atoms with Gasteiger partial charge in [0.2, 0.25) is 5.13 Å². The van der Waals surface area contributed by atoms with Crippen molar-refractivity contribution in [2.75, 3.05) is 18.0 Å². The summed E-state index contributed by atoms with van der Waals surface area (Å²) in [6, 6.07) is 13.9. The van der Waals surface area contributed by atoms with Crippen LogP contribution in [-0.4, -0.2) is 24.3 Å². The number of anilines is 1. The van der Waals surface area contributed by atoms with Crippen LogP contribution in [0.3, 0.4) is 0 Å². The van der Waals surface area contributed by atoms with Gasteiger partial charge in [0, 0.05) is 30.0 Å². The Morgan fingerprint density at radius 1 is 1.03 bits per heavy atom. The van der Waals surface area contributed by atoms with Gasteiger partial charge in [0.15, 0.2) is 5.69 Å². The molecule has 3 rings (SSSR count). The second-order valence-corrected chi connectivity index (χ2v) is 7.61. The maximum Gasteiger partial charge on any atom is 0.434 e. The zero-order valence-corrected chi connectivity index (χ0v) is 17.4. The molecule has 0 aliphatic rings. The number of aromatic nitrogens is 1. The van der Waals surface area contributed by atoms with Crippen LogP contribution in [0.25, 0.3) is 10.4 Å². The molecule has 1 aromatic heterocycles. The SMILES string of the molecule is CCN(CC)c1ccc(C=Nc2nc(C(F)(F)F)c(-c3ccc(Cl)cc3)s2)cc1. The number of benzene rings is 2. The zero-order valence-electron chi connectivity index (χ0n) is 15.9. The van der Waals surface area contributed by atoms with E-state index in [0.29, 0.717) is 10.6 Å². The van der Waals surface area contributed by atoms with E-state index in [1.807, 2.05) is 24.3 Å². The maximum absolute atomic E-state index is 13.4. The van der Waals surface area contributed by atoms with E-state index in [2.05, 4.69) is 28.7 Å². The summed E-state index contributed by atoms with van der Waals surface area (Å²) in [6.07, 6.45) is -3.04. The minimum absolute atomic E-state index is 0.0261. The topological polar surface area (TPSA) is 28.5 Å². The van der Waals surface area contributed by atoms with Gasteiger partial charge in [0.25, 0.3) is 0 Å². The summed E-state index contributed by atoms with van der Waals surface area (Å²) in [4.78, 5) is 10.1. The monoisotopic (exact) mass is 437 g/mol. The summed E-state index contributed by atoms with van der Waals surface area (Å²) in [5.74, 6) is 0. The molecule has 152 valence electrons. The van der Waals surface area contributed by atoms with Gasteiger partial charge in [0.1, 0.15) is 0 Å². The van der Waals surface area contributed by atoms with E-state index in [0.717, 1.165) is 35.7 Å². The van der Waals surface area contributed by atoms with Crippen molar-refractivity contribution in [1.82, 2.24) is 4.98 Å². The van der Waals surface area contributed by atoms with Gasteiger partial charge in [0.05, 0.1) is 4.88 Å². The molecule has 3 nitrogen and oxygen atoms in total. The molecule has 8 heteroatoms. The minimum Gasteiger partial charge on any atom is -0.372 e. The predicted octanol–water partition coefficient (Wildman–Crippen LogP) is 7.08. The van der Waals surface area contributed by atoms with Crippen LogP contribution in [0.2, 0.25) is 5.02 Å². The summed E-state index contributed by atoms with van der Waals surface area (Å²) >= 11 is 6.74. The first kappa shape index (κ1) is 21.3. The van der Waals surface area contributed by atoms with E-state index >= 15 is 0 Å². The summed E-state index contributed by atoms with van der Waals surface area (Å²) in [7, 11) is 0. The average molecular weight is 438 g/mol. The Morgan fingerprint density at radius 3 is 2.21 bits per heavy atom. The summed E-state index contributed by atoms with van der Waals surface area (Å²) < 4.78 is 40.3. The van der Waals surface area contributed by atoms with Gasteiger partial charge >= 0.3 is 6.18 Å². The molecule has 0 spiro atoms. The van der Waals surface area contributed by atoms with Gasteiger partial charge in [-0.1, -0.05) is 47.2 Å². The number of alkyl halides is 3. The first-order valence-corrected chi connectivity index (χ1v) is 10.2. The molecule has 0 atom stereocenters. The Bertz CT molecular complexity index is 976. The largest absolute Gasteiger partial charge is 0.434 e. The molecule has 2 aromatic carbocycles. The van der Waals surface area contributed by atoms with Gasteiger partial charge < -0.3 is 4.90 Å². The number of aliphatic imine (C=N–C) groups is 1. The highest BCUT2D eigenvalue weighted by molar-refractivity contribution is 7.18. The van der Waals surface area contributed by atoms with Crippen LogP contribution in [0.15, 0.2) is 53.5 Å². The number of halogens is 4. The van der Waals surface area contributed by atoms with Crippen molar-refractivity contribution in [3.05, 3.63) is 64.8 Å². The average Bonchev–Trinajstić information content (AvgIpc) is 3.14. The Morgan fingerprint density at radius 2 is 1.66 bits per heavy atom. The fraction of sp³-hybridized carbons (Fsp3) is 0.238. The van der Waals surface area contributed by atoms with Gasteiger partial charge in [-0.3, -0.25) is 0 Å². The van der Waals surface area contributed by atoms with Crippen LogP contribution in [0.5, 0.6) is 0 Å². The van der Waals surface area contributed by atoms with E-state index in [1.54, 1.807) is 24.3 Å². The van der Waals surface area contributed by atoms with E-state index in [4.69, 9.17) is 11.6 Å². The predicted molar refractivity (Wildman–Crippen MR) is 115 cm³/mol. The van der Waals surface area contributed by atoms with Crippen molar-refractivity contribution in [3.8, 4) is 10.4 Å². The van der Waals surface area contributed by atoms with Gasteiger partial charge in [-0.2, -0.15) is 13.2 Å². The lowest BCUT2D eigenvalue weighted by atomic mass is 10.1. The third-order valence-corrected chi connectivity index (χ3v) is 5.60. The van der Waals surface area contributed by atoms with Crippen molar-refractivity contribution >= 4 is 40.0 Å². The molecule has 0 bridgehead atoms. The molecule has 0 saturated heterocycles.